The highest BCUT2D eigenvalue weighted by atomic mass is 16.5. The summed E-state index contributed by atoms with van der Waals surface area (Å²) in [6.45, 7) is 4.00. The van der Waals surface area contributed by atoms with Gasteiger partial charge in [-0.15, -0.1) is 0 Å². The minimum Gasteiger partial charge on any atom is -0.328 e. The Bertz CT molecular complexity index is 823. The number of amides is 4. The van der Waals surface area contributed by atoms with Crippen molar-refractivity contribution >= 4 is 23.6 Å². The summed E-state index contributed by atoms with van der Waals surface area (Å²) in [6, 6.07) is 7.03. The lowest BCUT2D eigenvalue weighted by molar-refractivity contribution is -0.149. The molecule has 0 saturated carbocycles. The molecule has 0 radical (unpaired) electrons. The van der Waals surface area contributed by atoms with Crippen molar-refractivity contribution in [3.63, 3.8) is 0 Å². The van der Waals surface area contributed by atoms with E-state index in [9.17, 15) is 19.2 Å². The van der Waals surface area contributed by atoms with Gasteiger partial charge in [-0.05, 0) is 31.7 Å². The van der Waals surface area contributed by atoms with Crippen molar-refractivity contribution in [2.24, 2.45) is 5.41 Å². The summed E-state index contributed by atoms with van der Waals surface area (Å²) < 4.78 is 0. The third-order valence-electron chi connectivity index (χ3n) is 6.03. The Hall–Kier alpha value is -2.74. The smallest absolute Gasteiger partial charge is 0.267 e. The molecule has 0 spiro atoms. The molecular weight excluding hydrogens is 374 g/mol. The summed E-state index contributed by atoms with van der Waals surface area (Å²) >= 11 is 0. The summed E-state index contributed by atoms with van der Waals surface area (Å²) in [5.74, 6) is -1.72. The van der Waals surface area contributed by atoms with E-state index < -0.39 is 17.4 Å². The molecule has 1 aromatic carbocycles. The van der Waals surface area contributed by atoms with Crippen LogP contribution in [0.2, 0.25) is 0 Å². The maximum absolute atomic E-state index is 13.2. The minimum absolute atomic E-state index is 0.106. The molecule has 2 saturated heterocycles. The second-order valence-electron chi connectivity index (χ2n) is 8.19. The monoisotopic (exact) mass is 401 g/mol. The van der Waals surface area contributed by atoms with E-state index in [-0.39, 0.29) is 37.1 Å². The van der Waals surface area contributed by atoms with Crippen LogP contribution in [0.4, 0.5) is 0 Å². The summed E-state index contributed by atoms with van der Waals surface area (Å²) in [5, 5.41) is 9.14. The van der Waals surface area contributed by atoms with Crippen LogP contribution in [0.25, 0.3) is 0 Å². The molecule has 2 heterocycles. The zero-order chi connectivity index (χ0) is 21.2. The molecule has 2 aliphatic heterocycles. The Kier molecular flexibility index (Phi) is 6.02. The van der Waals surface area contributed by atoms with Gasteiger partial charge in [-0.1, -0.05) is 36.8 Å². The third-order valence-corrected chi connectivity index (χ3v) is 6.03. The van der Waals surface area contributed by atoms with Gasteiger partial charge in [0.05, 0.1) is 6.54 Å². The lowest BCUT2D eigenvalue weighted by atomic mass is 9.82. The van der Waals surface area contributed by atoms with Gasteiger partial charge in [-0.25, -0.2) is 5.48 Å². The number of hydrogen-bond donors (Lipinski definition) is 2. The van der Waals surface area contributed by atoms with E-state index >= 15 is 0 Å². The predicted molar refractivity (Wildman–Crippen MR) is 104 cm³/mol. The molecule has 0 aliphatic carbocycles. The molecule has 0 bridgehead atoms. The van der Waals surface area contributed by atoms with Gasteiger partial charge in [0.1, 0.15) is 6.04 Å². The first-order valence-electron chi connectivity index (χ1n) is 9.89. The largest absolute Gasteiger partial charge is 0.328 e. The summed E-state index contributed by atoms with van der Waals surface area (Å²) in [7, 11) is 0. The normalized spacial score (nSPS) is 23.1. The second kappa shape index (κ2) is 8.32. The Labute approximate surface area is 169 Å². The topological polar surface area (TPSA) is 107 Å². The number of aryl methyl sites for hydroxylation is 2. The van der Waals surface area contributed by atoms with Gasteiger partial charge in [0, 0.05) is 24.8 Å². The molecule has 8 heteroatoms. The van der Waals surface area contributed by atoms with E-state index in [0.29, 0.717) is 19.4 Å². The van der Waals surface area contributed by atoms with E-state index in [1.54, 1.807) is 5.48 Å². The number of carbonyl (C=O) groups excluding carboxylic acids is 4. The SMILES string of the molecule is Cc1cccc(CCC2(C)CCN(C(CN3C(=O)CCC3=O)C(=O)NO)C2=O)c1. The van der Waals surface area contributed by atoms with Gasteiger partial charge < -0.3 is 4.90 Å². The van der Waals surface area contributed by atoms with Crippen molar-refractivity contribution in [3.8, 4) is 0 Å². The van der Waals surface area contributed by atoms with Gasteiger partial charge in [-0.3, -0.25) is 29.3 Å². The highest BCUT2D eigenvalue weighted by Gasteiger charge is 2.47. The Morgan fingerprint density at radius 2 is 1.93 bits per heavy atom. The fraction of sp³-hybridized carbons (Fsp3) is 0.524. The molecule has 2 unspecified atom stereocenters. The molecule has 3 rings (SSSR count). The molecule has 156 valence electrons. The van der Waals surface area contributed by atoms with Gasteiger partial charge in [0.2, 0.25) is 17.7 Å². The lowest BCUT2D eigenvalue weighted by Gasteiger charge is -2.31. The van der Waals surface area contributed by atoms with Crippen LogP contribution in [0.3, 0.4) is 0 Å². The van der Waals surface area contributed by atoms with Crippen molar-refractivity contribution in [1.29, 1.82) is 0 Å². The van der Waals surface area contributed by atoms with Crippen molar-refractivity contribution < 1.29 is 24.4 Å². The number of benzene rings is 1. The fourth-order valence-electron chi connectivity index (χ4n) is 4.14. The first-order chi connectivity index (χ1) is 13.7. The van der Waals surface area contributed by atoms with E-state index in [4.69, 9.17) is 5.21 Å². The fourth-order valence-corrected chi connectivity index (χ4v) is 4.14. The highest BCUT2D eigenvalue weighted by Crippen LogP contribution is 2.37. The highest BCUT2D eigenvalue weighted by molar-refractivity contribution is 6.02. The molecule has 2 aliphatic rings. The number of carbonyl (C=O) groups is 4. The number of hydroxylamine groups is 1. The molecule has 2 fully saturated rings. The molecule has 29 heavy (non-hydrogen) atoms. The first kappa shape index (κ1) is 21.0. The molecular formula is C21H27N3O5. The Morgan fingerprint density at radius 1 is 1.24 bits per heavy atom. The van der Waals surface area contributed by atoms with Gasteiger partial charge in [-0.2, -0.15) is 0 Å². The Balaban J connectivity index is 1.73. The standard InChI is InChI=1S/C21H27N3O5/c1-14-4-3-5-15(12-14)8-9-21(2)10-11-23(20(21)28)16(19(27)22-29)13-24-17(25)6-7-18(24)26/h3-5,12,16,29H,6-11,13H2,1-2H3,(H,22,27). The van der Waals surface area contributed by atoms with Crippen LogP contribution in [-0.2, 0) is 25.6 Å². The Morgan fingerprint density at radius 3 is 2.55 bits per heavy atom. The molecule has 2 N–H and O–H groups in total. The molecule has 1 aromatic rings. The second-order valence-corrected chi connectivity index (χ2v) is 8.19. The quantitative estimate of drug-likeness (QED) is 0.405. The average molecular weight is 401 g/mol. The maximum atomic E-state index is 13.2. The van der Waals surface area contributed by atoms with Crippen LogP contribution in [0, 0.1) is 12.3 Å². The van der Waals surface area contributed by atoms with Crippen LogP contribution >= 0.6 is 0 Å². The number of rotatable bonds is 7. The van der Waals surface area contributed by atoms with Crippen LogP contribution in [0.5, 0.6) is 0 Å². The average Bonchev–Trinajstić information content (AvgIpc) is 3.17. The number of hydrogen-bond acceptors (Lipinski definition) is 5. The molecule has 0 aromatic heterocycles. The molecule has 2 atom stereocenters. The zero-order valence-electron chi connectivity index (χ0n) is 16.8. The van der Waals surface area contributed by atoms with E-state index in [1.807, 2.05) is 32.0 Å². The maximum Gasteiger partial charge on any atom is 0.267 e. The van der Waals surface area contributed by atoms with Crippen LogP contribution in [-0.4, -0.2) is 57.8 Å². The number of likely N-dealkylation sites (tertiary alicyclic amines) is 2. The predicted octanol–water partition coefficient (Wildman–Crippen LogP) is 1.19. The van der Waals surface area contributed by atoms with Crippen molar-refractivity contribution in [2.45, 2.75) is 52.0 Å². The van der Waals surface area contributed by atoms with Gasteiger partial charge in [0.15, 0.2) is 0 Å². The molecule has 4 amide bonds. The van der Waals surface area contributed by atoms with Crippen LogP contribution in [0.15, 0.2) is 24.3 Å². The zero-order valence-corrected chi connectivity index (χ0v) is 16.8. The number of nitrogens with one attached hydrogen (secondary N) is 1. The van der Waals surface area contributed by atoms with Gasteiger partial charge >= 0.3 is 0 Å². The van der Waals surface area contributed by atoms with E-state index in [0.717, 1.165) is 22.4 Å². The third kappa shape index (κ3) is 4.32. The molecule has 8 nitrogen and oxygen atoms in total. The summed E-state index contributed by atoms with van der Waals surface area (Å²) in [6.07, 6.45) is 2.14. The summed E-state index contributed by atoms with van der Waals surface area (Å²) in [4.78, 5) is 51.8. The number of imide groups is 1. The van der Waals surface area contributed by atoms with Crippen molar-refractivity contribution in [1.82, 2.24) is 15.3 Å². The van der Waals surface area contributed by atoms with E-state index in [1.165, 1.54) is 4.90 Å². The first-order valence-corrected chi connectivity index (χ1v) is 9.89. The van der Waals surface area contributed by atoms with Crippen molar-refractivity contribution in [2.75, 3.05) is 13.1 Å². The number of nitrogens with zero attached hydrogens (tertiary/aromatic N) is 2. The van der Waals surface area contributed by atoms with Gasteiger partial charge in [0.25, 0.3) is 5.91 Å². The van der Waals surface area contributed by atoms with Crippen molar-refractivity contribution in [3.05, 3.63) is 35.4 Å². The van der Waals surface area contributed by atoms with Crippen LogP contribution in [0.1, 0.15) is 43.7 Å². The summed E-state index contributed by atoms with van der Waals surface area (Å²) in [5.41, 5.74) is 3.24. The minimum atomic E-state index is -1.10. The van der Waals surface area contributed by atoms with Crippen LogP contribution < -0.4 is 5.48 Å². The van der Waals surface area contributed by atoms with E-state index in [2.05, 4.69) is 6.07 Å². The lowest BCUT2D eigenvalue weighted by Crippen LogP contribution is -2.54.